The molecule has 2 aromatic carbocycles. The van der Waals surface area contributed by atoms with E-state index >= 15 is 0 Å². The Balaban J connectivity index is 2.45. The summed E-state index contributed by atoms with van der Waals surface area (Å²) in [6.45, 7) is 4.00. The summed E-state index contributed by atoms with van der Waals surface area (Å²) < 4.78 is 1.07. The maximum Gasteiger partial charge on any atom is 0.193 e. The second kappa shape index (κ2) is 4.84. The van der Waals surface area contributed by atoms with Crippen molar-refractivity contribution in [3.8, 4) is 0 Å². The van der Waals surface area contributed by atoms with Gasteiger partial charge in [-0.1, -0.05) is 46.3 Å². The monoisotopic (exact) mass is 288 g/mol. The molecule has 0 aliphatic heterocycles. The minimum absolute atomic E-state index is 0.0734. The van der Waals surface area contributed by atoms with Crippen molar-refractivity contribution < 1.29 is 4.79 Å². The molecule has 0 heterocycles. The number of benzene rings is 2. The van der Waals surface area contributed by atoms with E-state index in [2.05, 4.69) is 15.9 Å². The van der Waals surface area contributed by atoms with E-state index < -0.39 is 0 Å². The Morgan fingerprint density at radius 1 is 0.941 bits per heavy atom. The molecule has 0 bridgehead atoms. The summed E-state index contributed by atoms with van der Waals surface area (Å²) in [6.07, 6.45) is 0. The lowest BCUT2D eigenvalue weighted by Crippen LogP contribution is -2.02. The van der Waals surface area contributed by atoms with Crippen molar-refractivity contribution in [2.45, 2.75) is 13.8 Å². The van der Waals surface area contributed by atoms with Gasteiger partial charge in [-0.25, -0.2) is 0 Å². The highest BCUT2D eigenvalue weighted by atomic mass is 79.9. The van der Waals surface area contributed by atoms with Crippen LogP contribution in [0, 0.1) is 13.8 Å². The van der Waals surface area contributed by atoms with Gasteiger partial charge in [0.2, 0.25) is 0 Å². The summed E-state index contributed by atoms with van der Waals surface area (Å²) in [4.78, 5) is 12.2. The molecule has 86 valence electrons. The number of halogens is 1. The van der Waals surface area contributed by atoms with Crippen LogP contribution in [-0.2, 0) is 0 Å². The highest BCUT2D eigenvalue weighted by Gasteiger charge is 2.11. The predicted molar refractivity (Wildman–Crippen MR) is 73.5 cm³/mol. The SMILES string of the molecule is Cc1cc(C(=O)c2ccccc2)cc(C)c1Br. The first-order valence-electron chi connectivity index (χ1n) is 5.46. The van der Waals surface area contributed by atoms with Crippen LogP contribution in [-0.4, -0.2) is 5.78 Å². The molecule has 0 aliphatic rings. The number of carbonyl (C=O) groups excluding carboxylic acids is 1. The van der Waals surface area contributed by atoms with Gasteiger partial charge in [0.05, 0.1) is 0 Å². The summed E-state index contributed by atoms with van der Waals surface area (Å²) >= 11 is 3.51. The van der Waals surface area contributed by atoms with Gasteiger partial charge in [0.25, 0.3) is 0 Å². The van der Waals surface area contributed by atoms with Crippen LogP contribution < -0.4 is 0 Å². The van der Waals surface area contributed by atoms with Crippen LogP contribution in [0.15, 0.2) is 46.9 Å². The minimum atomic E-state index is 0.0734. The lowest BCUT2D eigenvalue weighted by atomic mass is 9.99. The Bertz CT molecular complexity index is 535. The van der Waals surface area contributed by atoms with Gasteiger partial charge in [-0.2, -0.15) is 0 Å². The average Bonchev–Trinajstić information content (AvgIpc) is 2.35. The molecule has 2 rings (SSSR count). The van der Waals surface area contributed by atoms with Crippen molar-refractivity contribution >= 4 is 21.7 Å². The molecule has 0 spiro atoms. The first kappa shape index (κ1) is 12.1. The Kier molecular flexibility index (Phi) is 3.43. The smallest absolute Gasteiger partial charge is 0.193 e. The Hall–Kier alpha value is -1.41. The van der Waals surface area contributed by atoms with E-state index in [1.54, 1.807) is 0 Å². The number of ketones is 1. The molecule has 2 heteroatoms. The largest absolute Gasteiger partial charge is 0.289 e. The van der Waals surface area contributed by atoms with E-state index in [-0.39, 0.29) is 5.78 Å². The highest BCUT2D eigenvalue weighted by Crippen LogP contribution is 2.23. The second-order valence-corrected chi connectivity index (χ2v) is 4.91. The standard InChI is InChI=1S/C15H13BrO/c1-10-8-13(9-11(2)14(10)16)15(17)12-6-4-3-5-7-12/h3-9H,1-2H3. The van der Waals surface area contributed by atoms with Gasteiger partial charge in [-0.3, -0.25) is 4.79 Å². The molecule has 0 aromatic heterocycles. The minimum Gasteiger partial charge on any atom is -0.289 e. The Morgan fingerprint density at radius 3 is 2.00 bits per heavy atom. The van der Waals surface area contributed by atoms with Gasteiger partial charge >= 0.3 is 0 Å². The molecule has 17 heavy (non-hydrogen) atoms. The second-order valence-electron chi connectivity index (χ2n) is 4.12. The van der Waals surface area contributed by atoms with Gasteiger partial charge < -0.3 is 0 Å². The fourth-order valence-corrected chi connectivity index (χ4v) is 2.06. The van der Waals surface area contributed by atoms with E-state index in [1.165, 1.54) is 0 Å². The molecule has 2 aromatic rings. The summed E-state index contributed by atoms with van der Waals surface area (Å²) in [5.41, 5.74) is 3.65. The fraction of sp³-hybridized carbons (Fsp3) is 0.133. The summed E-state index contributed by atoms with van der Waals surface area (Å²) in [5, 5.41) is 0. The Morgan fingerprint density at radius 2 is 1.47 bits per heavy atom. The van der Waals surface area contributed by atoms with Crippen LogP contribution in [0.1, 0.15) is 27.0 Å². The third-order valence-electron chi connectivity index (χ3n) is 2.73. The third kappa shape index (κ3) is 2.47. The summed E-state index contributed by atoms with van der Waals surface area (Å²) in [7, 11) is 0. The van der Waals surface area contributed by atoms with Crippen LogP contribution >= 0.6 is 15.9 Å². The lowest BCUT2D eigenvalue weighted by Gasteiger charge is -2.07. The van der Waals surface area contributed by atoms with Crippen molar-refractivity contribution in [2.75, 3.05) is 0 Å². The van der Waals surface area contributed by atoms with Crippen molar-refractivity contribution in [2.24, 2.45) is 0 Å². The van der Waals surface area contributed by atoms with Crippen molar-refractivity contribution in [3.63, 3.8) is 0 Å². The molecule has 0 N–H and O–H groups in total. The van der Waals surface area contributed by atoms with Crippen LogP contribution in [0.4, 0.5) is 0 Å². The first-order chi connectivity index (χ1) is 8.09. The molecule has 0 saturated carbocycles. The molecule has 1 nitrogen and oxygen atoms in total. The average molecular weight is 289 g/mol. The zero-order valence-corrected chi connectivity index (χ0v) is 11.4. The molecular formula is C15H13BrO. The maximum absolute atomic E-state index is 12.2. The van der Waals surface area contributed by atoms with Crippen molar-refractivity contribution in [1.82, 2.24) is 0 Å². The summed E-state index contributed by atoms with van der Waals surface area (Å²) in [5.74, 6) is 0.0734. The van der Waals surface area contributed by atoms with Crippen LogP contribution in [0.5, 0.6) is 0 Å². The Labute approximate surface area is 110 Å². The topological polar surface area (TPSA) is 17.1 Å². The number of rotatable bonds is 2. The molecule has 0 radical (unpaired) electrons. The maximum atomic E-state index is 12.2. The summed E-state index contributed by atoms with van der Waals surface area (Å²) in [6, 6.07) is 13.2. The normalized spacial score (nSPS) is 10.3. The number of aryl methyl sites for hydroxylation is 2. The molecule has 0 fully saturated rings. The number of hydrogen-bond donors (Lipinski definition) is 0. The highest BCUT2D eigenvalue weighted by molar-refractivity contribution is 9.10. The van der Waals surface area contributed by atoms with Gasteiger partial charge in [0.1, 0.15) is 0 Å². The first-order valence-corrected chi connectivity index (χ1v) is 6.25. The molecule has 0 unspecified atom stereocenters. The van der Waals surface area contributed by atoms with E-state index in [1.807, 2.05) is 56.3 Å². The molecule has 0 amide bonds. The fourth-order valence-electron chi connectivity index (χ4n) is 1.83. The third-order valence-corrected chi connectivity index (χ3v) is 3.99. The zero-order valence-electron chi connectivity index (χ0n) is 9.83. The molecule has 0 aliphatic carbocycles. The van der Waals surface area contributed by atoms with Crippen LogP contribution in [0.3, 0.4) is 0 Å². The van der Waals surface area contributed by atoms with E-state index in [9.17, 15) is 4.79 Å². The van der Waals surface area contributed by atoms with E-state index in [0.717, 1.165) is 26.7 Å². The van der Waals surface area contributed by atoms with E-state index in [0.29, 0.717) is 0 Å². The zero-order chi connectivity index (χ0) is 12.4. The van der Waals surface area contributed by atoms with E-state index in [4.69, 9.17) is 0 Å². The lowest BCUT2D eigenvalue weighted by molar-refractivity contribution is 0.103. The van der Waals surface area contributed by atoms with Gasteiger partial charge in [0, 0.05) is 15.6 Å². The quantitative estimate of drug-likeness (QED) is 0.753. The van der Waals surface area contributed by atoms with Gasteiger partial charge in [-0.05, 0) is 37.1 Å². The molecule has 0 atom stereocenters. The van der Waals surface area contributed by atoms with Crippen LogP contribution in [0.2, 0.25) is 0 Å². The number of hydrogen-bond acceptors (Lipinski definition) is 1. The van der Waals surface area contributed by atoms with Crippen molar-refractivity contribution in [1.29, 1.82) is 0 Å². The molecular weight excluding hydrogens is 276 g/mol. The number of carbonyl (C=O) groups is 1. The molecule has 0 saturated heterocycles. The van der Waals surface area contributed by atoms with Gasteiger partial charge in [-0.15, -0.1) is 0 Å². The van der Waals surface area contributed by atoms with Crippen LogP contribution in [0.25, 0.3) is 0 Å². The predicted octanol–water partition coefficient (Wildman–Crippen LogP) is 4.30. The van der Waals surface area contributed by atoms with Gasteiger partial charge in [0.15, 0.2) is 5.78 Å². The van der Waals surface area contributed by atoms with Crippen molar-refractivity contribution in [3.05, 3.63) is 69.2 Å².